The maximum Gasteiger partial charge on any atom is 0.239 e. The molecule has 2 aliphatic heterocycles. The number of carbonyl (C=O) groups excluding carboxylic acids is 1. The van der Waals surface area contributed by atoms with Crippen LogP contribution in [0.25, 0.3) is 0 Å². The molecule has 4 unspecified atom stereocenters. The van der Waals surface area contributed by atoms with Crippen molar-refractivity contribution in [3.05, 3.63) is 35.9 Å². The van der Waals surface area contributed by atoms with Crippen molar-refractivity contribution in [2.24, 2.45) is 5.92 Å². The van der Waals surface area contributed by atoms with E-state index in [1.807, 2.05) is 0 Å². The number of nitrogens with zero attached hydrogens (tertiary/aromatic N) is 1. The van der Waals surface area contributed by atoms with E-state index >= 15 is 0 Å². The Morgan fingerprint density at radius 2 is 2.04 bits per heavy atom. The van der Waals surface area contributed by atoms with Crippen molar-refractivity contribution in [2.75, 3.05) is 13.1 Å². The number of hydrogen-bond donors (Lipinski definition) is 3. The van der Waals surface area contributed by atoms with Crippen LogP contribution in [-0.4, -0.2) is 46.8 Å². The maximum absolute atomic E-state index is 12.7. The fourth-order valence-corrected chi connectivity index (χ4v) is 5.06. The van der Waals surface area contributed by atoms with E-state index in [0.29, 0.717) is 12.0 Å². The van der Waals surface area contributed by atoms with Crippen LogP contribution in [0.5, 0.6) is 0 Å². The molecule has 6 heteroatoms. The topological polar surface area (TPSA) is 56.4 Å². The monoisotopic (exact) mass is 422 g/mol. The number of nitrogens with one attached hydrogen (secondary N) is 3. The highest BCUT2D eigenvalue weighted by Crippen LogP contribution is 2.22. The molecule has 1 amide bonds. The fourth-order valence-electron chi connectivity index (χ4n) is 3.94. The fraction of sp³-hybridized carbons (Fsp3) is 0.650. The zero-order chi connectivity index (χ0) is 18.5. The van der Waals surface area contributed by atoms with Crippen molar-refractivity contribution in [1.29, 1.82) is 0 Å². The molecule has 0 bridgehead atoms. The number of hydrazine groups is 1. The number of amides is 1. The predicted octanol–water partition coefficient (Wildman–Crippen LogP) is 2.42. The van der Waals surface area contributed by atoms with Gasteiger partial charge in [0.25, 0.3) is 0 Å². The van der Waals surface area contributed by atoms with Crippen molar-refractivity contribution in [3.8, 4) is 0 Å². The van der Waals surface area contributed by atoms with Gasteiger partial charge in [-0.15, -0.1) is 0 Å². The Bertz CT molecular complexity index is 582. The van der Waals surface area contributed by atoms with E-state index in [2.05, 4.69) is 81.2 Å². The second-order valence-corrected chi connectivity index (χ2v) is 8.89. The Morgan fingerprint density at radius 3 is 2.73 bits per heavy atom. The minimum Gasteiger partial charge on any atom is -0.353 e. The summed E-state index contributed by atoms with van der Waals surface area (Å²) in [6, 6.07) is 11.0. The predicted molar refractivity (Wildman–Crippen MR) is 109 cm³/mol. The van der Waals surface area contributed by atoms with Crippen molar-refractivity contribution >= 4 is 21.8 Å². The van der Waals surface area contributed by atoms with Crippen LogP contribution in [0, 0.1) is 5.92 Å². The normalized spacial score (nSPS) is 29.8. The molecular weight excluding hydrogens is 392 g/mol. The zero-order valence-corrected chi connectivity index (χ0v) is 17.3. The van der Waals surface area contributed by atoms with E-state index in [0.717, 1.165) is 26.1 Å². The molecule has 2 fully saturated rings. The SMILES string of the molecule is CC(C)C1NNC(C(=O)NCC2CCCCN2Cc2ccccc2)C1Br. The first-order chi connectivity index (χ1) is 12.6. The van der Waals surface area contributed by atoms with Gasteiger partial charge in [-0.05, 0) is 30.9 Å². The Morgan fingerprint density at radius 1 is 1.27 bits per heavy atom. The molecule has 1 aromatic rings. The van der Waals surface area contributed by atoms with Crippen LogP contribution in [0.2, 0.25) is 0 Å². The van der Waals surface area contributed by atoms with E-state index in [-0.39, 0.29) is 22.8 Å². The maximum atomic E-state index is 12.7. The van der Waals surface area contributed by atoms with Gasteiger partial charge in [0.15, 0.2) is 0 Å². The Balaban J connectivity index is 1.53. The third-order valence-corrected chi connectivity index (χ3v) is 6.66. The van der Waals surface area contributed by atoms with E-state index in [4.69, 9.17) is 0 Å². The molecule has 2 aliphatic rings. The summed E-state index contributed by atoms with van der Waals surface area (Å²) in [6.07, 6.45) is 3.63. The Labute approximate surface area is 165 Å². The smallest absolute Gasteiger partial charge is 0.239 e. The number of benzene rings is 1. The number of halogens is 1. The quantitative estimate of drug-likeness (QED) is 0.616. The third kappa shape index (κ3) is 4.85. The molecular formula is C20H31BrN4O. The summed E-state index contributed by atoms with van der Waals surface area (Å²) in [4.78, 5) is 15.3. The molecule has 2 heterocycles. The van der Waals surface area contributed by atoms with Gasteiger partial charge in [-0.2, -0.15) is 0 Å². The van der Waals surface area contributed by atoms with Crippen LogP contribution in [0.4, 0.5) is 0 Å². The first-order valence-corrected chi connectivity index (χ1v) is 10.7. The highest BCUT2D eigenvalue weighted by Gasteiger charge is 2.39. The number of rotatable bonds is 6. The summed E-state index contributed by atoms with van der Waals surface area (Å²) >= 11 is 3.70. The van der Waals surface area contributed by atoms with Gasteiger partial charge >= 0.3 is 0 Å². The molecule has 0 radical (unpaired) electrons. The van der Waals surface area contributed by atoms with Crippen LogP contribution in [0.1, 0.15) is 38.7 Å². The molecule has 3 N–H and O–H groups in total. The Kier molecular flexibility index (Phi) is 7.09. The molecule has 0 spiro atoms. The highest BCUT2D eigenvalue weighted by molar-refractivity contribution is 9.09. The Hall–Kier alpha value is -0.950. The molecule has 26 heavy (non-hydrogen) atoms. The van der Waals surface area contributed by atoms with Gasteiger partial charge in [0.2, 0.25) is 5.91 Å². The standard InChI is InChI=1S/C20H31BrN4O/c1-14(2)18-17(21)19(24-23-18)20(26)22-12-16-10-6-7-11-25(16)13-15-8-4-3-5-9-15/h3-5,8-9,14,16-19,23-24H,6-7,10-13H2,1-2H3,(H,22,26). The van der Waals surface area contributed by atoms with Crippen LogP contribution >= 0.6 is 15.9 Å². The number of alkyl halides is 1. The minimum absolute atomic E-state index is 0.0766. The first-order valence-electron chi connectivity index (χ1n) is 9.77. The number of carbonyl (C=O) groups is 1. The average molecular weight is 423 g/mol. The molecule has 4 atom stereocenters. The van der Waals surface area contributed by atoms with Crippen molar-refractivity contribution in [3.63, 3.8) is 0 Å². The van der Waals surface area contributed by atoms with E-state index in [1.54, 1.807) is 0 Å². The molecule has 0 aliphatic carbocycles. The van der Waals surface area contributed by atoms with Crippen molar-refractivity contribution < 1.29 is 4.79 Å². The lowest BCUT2D eigenvalue weighted by Crippen LogP contribution is -2.51. The summed E-state index contributed by atoms with van der Waals surface area (Å²) in [6.45, 7) is 7.11. The van der Waals surface area contributed by atoms with Crippen LogP contribution in [0.15, 0.2) is 30.3 Å². The van der Waals surface area contributed by atoms with Crippen LogP contribution in [-0.2, 0) is 11.3 Å². The van der Waals surface area contributed by atoms with Gasteiger partial charge in [0, 0.05) is 25.2 Å². The summed E-state index contributed by atoms with van der Waals surface area (Å²) in [5.74, 6) is 0.539. The van der Waals surface area contributed by atoms with Gasteiger partial charge in [0.05, 0.1) is 4.83 Å². The summed E-state index contributed by atoms with van der Waals surface area (Å²) < 4.78 is 0. The van der Waals surface area contributed by atoms with E-state index in [9.17, 15) is 4.79 Å². The minimum atomic E-state index is -0.228. The average Bonchev–Trinajstić information content (AvgIpc) is 3.03. The molecule has 2 saturated heterocycles. The lowest BCUT2D eigenvalue weighted by molar-refractivity contribution is -0.123. The number of piperidine rings is 1. The largest absolute Gasteiger partial charge is 0.353 e. The molecule has 5 nitrogen and oxygen atoms in total. The molecule has 0 saturated carbocycles. The summed E-state index contributed by atoms with van der Waals surface area (Å²) in [5.41, 5.74) is 7.74. The summed E-state index contributed by atoms with van der Waals surface area (Å²) in [5, 5.41) is 3.19. The summed E-state index contributed by atoms with van der Waals surface area (Å²) in [7, 11) is 0. The van der Waals surface area contributed by atoms with Crippen molar-refractivity contribution in [1.82, 2.24) is 21.1 Å². The lowest BCUT2D eigenvalue weighted by Gasteiger charge is -2.36. The second kappa shape index (κ2) is 9.31. The van der Waals surface area contributed by atoms with Gasteiger partial charge in [-0.1, -0.05) is 66.5 Å². The van der Waals surface area contributed by atoms with Crippen LogP contribution < -0.4 is 16.2 Å². The molecule has 1 aromatic carbocycles. The van der Waals surface area contributed by atoms with Gasteiger partial charge in [-0.3, -0.25) is 15.1 Å². The van der Waals surface area contributed by atoms with Gasteiger partial charge in [0.1, 0.15) is 6.04 Å². The lowest BCUT2D eigenvalue weighted by atomic mass is 9.98. The molecule has 144 valence electrons. The van der Waals surface area contributed by atoms with Gasteiger partial charge < -0.3 is 5.32 Å². The van der Waals surface area contributed by atoms with E-state index in [1.165, 1.54) is 18.4 Å². The third-order valence-electron chi connectivity index (χ3n) is 5.56. The van der Waals surface area contributed by atoms with Crippen LogP contribution in [0.3, 0.4) is 0 Å². The van der Waals surface area contributed by atoms with Gasteiger partial charge in [-0.25, -0.2) is 5.43 Å². The van der Waals surface area contributed by atoms with E-state index < -0.39 is 0 Å². The van der Waals surface area contributed by atoms with Crippen molar-refractivity contribution in [2.45, 2.75) is 62.6 Å². The zero-order valence-electron chi connectivity index (χ0n) is 15.7. The number of hydrogen-bond acceptors (Lipinski definition) is 4. The highest BCUT2D eigenvalue weighted by atomic mass is 79.9. The molecule has 3 rings (SSSR count). The molecule has 0 aromatic heterocycles. The first kappa shape index (κ1) is 19.8. The number of likely N-dealkylation sites (tertiary alicyclic amines) is 1. The second-order valence-electron chi connectivity index (χ2n) is 7.83.